The molecule has 0 aliphatic carbocycles. The quantitative estimate of drug-likeness (QED) is 0.586. The predicted octanol–water partition coefficient (Wildman–Crippen LogP) is 4.26. The Balaban J connectivity index is 2.02. The van der Waals surface area contributed by atoms with Crippen molar-refractivity contribution in [2.24, 2.45) is 5.73 Å². The molecule has 3 N–H and O–H groups in total. The van der Waals surface area contributed by atoms with Crippen LogP contribution in [-0.4, -0.2) is 24.3 Å². The topological polar surface area (TPSA) is 90.6 Å². The average molecular weight is 431 g/mol. The van der Waals surface area contributed by atoms with E-state index in [0.29, 0.717) is 11.4 Å². The highest BCUT2D eigenvalue weighted by atomic mass is 35.5. The average Bonchev–Trinajstić information content (AvgIpc) is 2.73. The third kappa shape index (κ3) is 4.52. The van der Waals surface area contributed by atoms with Gasteiger partial charge in [-0.25, -0.2) is 4.21 Å². The second-order valence-electron chi connectivity index (χ2n) is 6.01. The maximum Gasteiger partial charge on any atom is 0.248 e. The molecule has 1 atom stereocenters. The zero-order valence-corrected chi connectivity index (χ0v) is 17.3. The molecule has 1 unspecified atom stereocenters. The highest BCUT2D eigenvalue weighted by Crippen LogP contribution is 2.35. The molecular weight excluding hydrogens is 412 g/mol. The first-order chi connectivity index (χ1) is 13.9. The third-order valence-corrected chi connectivity index (χ3v) is 5.60. The van der Waals surface area contributed by atoms with Crippen LogP contribution in [0.3, 0.4) is 0 Å². The molecule has 8 heteroatoms. The largest absolute Gasteiger partial charge is 0.495 e. The Morgan fingerprint density at radius 1 is 1.00 bits per heavy atom. The van der Waals surface area contributed by atoms with Crippen LogP contribution in [0.2, 0.25) is 5.02 Å². The highest BCUT2D eigenvalue weighted by Gasteiger charge is 2.19. The summed E-state index contributed by atoms with van der Waals surface area (Å²) < 4.78 is 26.7. The fourth-order valence-electron chi connectivity index (χ4n) is 2.80. The van der Waals surface area contributed by atoms with Gasteiger partial charge in [0.05, 0.1) is 24.9 Å². The van der Waals surface area contributed by atoms with Crippen LogP contribution in [-0.2, 0) is 11.0 Å². The second kappa shape index (κ2) is 8.98. The first-order valence-corrected chi connectivity index (χ1v) is 10.1. The number of anilines is 1. The number of carbonyl (C=O) groups excluding carboxylic acids is 1. The van der Waals surface area contributed by atoms with Crippen LogP contribution < -0.4 is 19.9 Å². The van der Waals surface area contributed by atoms with E-state index in [1.807, 2.05) is 42.5 Å². The van der Waals surface area contributed by atoms with Crippen molar-refractivity contribution in [2.45, 2.75) is 4.90 Å². The minimum absolute atomic E-state index is 0.131. The number of rotatable bonds is 7. The Bertz CT molecular complexity index is 1070. The van der Waals surface area contributed by atoms with E-state index < -0.39 is 16.9 Å². The third-order valence-electron chi connectivity index (χ3n) is 4.21. The number of amides is 1. The Hall–Kier alpha value is -3.03. The molecule has 6 nitrogen and oxygen atoms in total. The van der Waals surface area contributed by atoms with Gasteiger partial charge >= 0.3 is 0 Å². The van der Waals surface area contributed by atoms with Crippen molar-refractivity contribution >= 4 is 34.2 Å². The van der Waals surface area contributed by atoms with E-state index in [9.17, 15) is 9.00 Å². The molecule has 0 heterocycles. The van der Waals surface area contributed by atoms with Crippen molar-refractivity contribution < 1.29 is 18.5 Å². The first kappa shape index (κ1) is 20.7. The van der Waals surface area contributed by atoms with Gasteiger partial charge in [-0.05, 0) is 35.4 Å². The number of hydrogen-bond acceptors (Lipinski definition) is 4. The number of ether oxygens (including phenoxy) is 2. The van der Waals surface area contributed by atoms with Gasteiger partial charge in [-0.1, -0.05) is 48.0 Å². The minimum Gasteiger partial charge on any atom is -0.495 e. The van der Waals surface area contributed by atoms with Gasteiger partial charge in [-0.3, -0.25) is 9.52 Å². The van der Waals surface area contributed by atoms with E-state index in [0.717, 1.165) is 11.1 Å². The smallest absolute Gasteiger partial charge is 0.248 e. The van der Waals surface area contributed by atoms with Gasteiger partial charge in [0.25, 0.3) is 0 Å². The van der Waals surface area contributed by atoms with Gasteiger partial charge in [-0.2, -0.15) is 0 Å². The van der Waals surface area contributed by atoms with Gasteiger partial charge in [0.1, 0.15) is 10.6 Å². The van der Waals surface area contributed by atoms with Gasteiger partial charge in [0.2, 0.25) is 5.91 Å². The summed E-state index contributed by atoms with van der Waals surface area (Å²) in [4.78, 5) is 11.8. The molecule has 0 aliphatic rings. The zero-order valence-electron chi connectivity index (χ0n) is 15.8. The van der Waals surface area contributed by atoms with Crippen molar-refractivity contribution in [1.82, 2.24) is 0 Å². The van der Waals surface area contributed by atoms with Crippen molar-refractivity contribution in [2.75, 3.05) is 18.9 Å². The lowest BCUT2D eigenvalue weighted by Crippen LogP contribution is -2.14. The number of nitrogens with one attached hydrogen (secondary N) is 1. The molecule has 0 bridgehead atoms. The van der Waals surface area contributed by atoms with Crippen LogP contribution in [0.5, 0.6) is 11.5 Å². The normalized spacial score (nSPS) is 11.6. The Morgan fingerprint density at radius 3 is 2.34 bits per heavy atom. The summed E-state index contributed by atoms with van der Waals surface area (Å²) in [6, 6.07) is 18.0. The summed E-state index contributed by atoms with van der Waals surface area (Å²) in [5, 5.41) is 0.138. The summed E-state index contributed by atoms with van der Waals surface area (Å²) in [6.07, 6.45) is 0. The molecule has 0 spiro atoms. The number of carbonyl (C=O) groups is 1. The van der Waals surface area contributed by atoms with Gasteiger partial charge in [0, 0.05) is 5.56 Å². The summed E-state index contributed by atoms with van der Waals surface area (Å²) in [5.41, 5.74) is 7.91. The molecule has 150 valence electrons. The van der Waals surface area contributed by atoms with Gasteiger partial charge in [-0.15, -0.1) is 0 Å². The summed E-state index contributed by atoms with van der Waals surface area (Å²) in [5.74, 6) is 0.0197. The van der Waals surface area contributed by atoms with Gasteiger partial charge < -0.3 is 15.2 Å². The number of halogens is 1. The molecule has 1 amide bonds. The molecule has 0 fully saturated rings. The van der Waals surface area contributed by atoms with Crippen LogP contribution in [0.25, 0.3) is 11.1 Å². The standard InChI is InChI=1S/C21H19ClN2O4S/c1-27-18-9-8-14(13-6-4-3-5-7-13)11-17(18)24-29(26)19-12-15(21(23)25)10-16(22)20(19)28-2/h3-12,24H,1-2H3,(H2,23,25). The van der Waals surface area contributed by atoms with Crippen molar-refractivity contribution in [1.29, 1.82) is 0 Å². The first-order valence-electron chi connectivity index (χ1n) is 8.53. The van der Waals surface area contributed by atoms with E-state index in [-0.39, 0.29) is 21.2 Å². The minimum atomic E-state index is -1.81. The maximum absolute atomic E-state index is 13.1. The van der Waals surface area contributed by atoms with Crippen LogP contribution in [0.1, 0.15) is 10.4 Å². The fraction of sp³-hybridized carbons (Fsp3) is 0.0952. The Labute approximate surface area is 176 Å². The van der Waals surface area contributed by atoms with Crippen LogP contribution in [0.4, 0.5) is 5.69 Å². The molecular formula is C21H19ClN2O4S. The zero-order chi connectivity index (χ0) is 21.0. The second-order valence-corrected chi connectivity index (χ2v) is 7.59. The van der Waals surface area contributed by atoms with Crippen molar-refractivity contribution in [3.05, 3.63) is 71.2 Å². The van der Waals surface area contributed by atoms with E-state index in [1.165, 1.54) is 26.4 Å². The molecule has 0 saturated heterocycles. The number of nitrogens with two attached hydrogens (primary N) is 1. The lowest BCUT2D eigenvalue weighted by molar-refractivity contribution is 0.1000. The lowest BCUT2D eigenvalue weighted by atomic mass is 10.1. The maximum atomic E-state index is 13.1. The van der Waals surface area contributed by atoms with Crippen LogP contribution >= 0.6 is 11.6 Å². The van der Waals surface area contributed by atoms with E-state index in [1.54, 1.807) is 6.07 Å². The molecule has 3 rings (SSSR count). The number of benzene rings is 3. The fourth-order valence-corrected chi connectivity index (χ4v) is 4.22. The highest BCUT2D eigenvalue weighted by molar-refractivity contribution is 7.86. The summed E-state index contributed by atoms with van der Waals surface area (Å²) in [6.45, 7) is 0. The van der Waals surface area contributed by atoms with Crippen LogP contribution in [0, 0.1) is 0 Å². The molecule has 0 aliphatic heterocycles. The van der Waals surface area contributed by atoms with E-state index in [4.69, 9.17) is 26.8 Å². The molecule has 3 aromatic carbocycles. The van der Waals surface area contributed by atoms with Crippen molar-refractivity contribution in [3.8, 4) is 22.6 Å². The Kier molecular flexibility index (Phi) is 6.41. The SMILES string of the molecule is COc1ccc(-c2ccccc2)cc1NS(=O)c1cc(C(N)=O)cc(Cl)c1OC. The summed E-state index contributed by atoms with van der Waals surface area (Å²) >= 11 is 6.17. The molecule has 0 radical (unpaired) electrons. The Morgan fingerprint density at radius 2 is 1.72 bits per heavy atom. The van der Waals surface area contributed by atoms with E-state index in [2.05, 4.69) is 4.72 Å². The van der Waals surface area contributed by atoms with Crippen LogP contribution in [0.15, 0.2) is 65.6 Å². The van der Waals surface area contributed by atoms with E-state index >= 15 is 0 Å². The van der Waals surface area contributed by atoms with Gasteiger partial charge in [0.15, 0.2) is 16.7 Å². The number of methoxy groups -OCH3 is 2. The van der Waals surface area contributed by atoms with Crippen molar-refractivity contribution in [3.63, 3.8) is 0 Å². The number of hydrogen-bond donors (Lipinski definition) is 2. The predicted molar refractivity (Wildman–Crippen MR) is 115 cm³/mol. The monoisotopic (exact) mass is 430 g/mol. The summed E-state index contributed by atoms with van der Waals surface area (Å²) in [7, 11) is 1.12. The lowest BCUT2D eigenvalue weighted by Gasteiger charge is -2.15. The number of primary amides is 1. The molecule has 0 aromatic heterocycles. The molecule has 0 saturated carbocycles. The molecule has 3 aromatic rings. The molecule has 29 heavy (non-hydrogen) atoms.